The number of hydrogen-bond donors (Lipinski definition) is 4. The fraction of sp³-hybridized carbons (Fsp3) is 0.600. The molecule has 19 heavy (non-hydrogen) atoms. The minimum absolute atomic E-state index is 0.419. The minimum atomic E-state index is -4.03. The van der Waals surface area contributed by atoms with E-state index < -0.39 is 38.7 Å². The molecule has 8 nitrogen and oxygen atoms in total. The van der Waals surface area contributed by atoms with Gasteiger partial charge in [-0.05, 0) is 12.8 Å². The number of carbonyl (C=O) groups is 1. The third-order valence-electron chi connectivity index (χ3n) is 3.14. The summed E-state index contributed by atoms with van der Waals surface area (Å²) in [6.07, 6.45) is 2.91. The van der Waals surface area contributed by atoms with Crippen molar-refractivity contribution in [2.24, 2.45) is 0 Å². The van der Waals surface area contributed by atoms with Crippen LogP contribution in [-0.4, -0.2) is 46.9 Å². The van der Waals surface area contributed by atoms with Gasteiger partial charge in [0.1, 0.15) is 5.56 Å². The molecule has 1 aromatic heterocycles. The molecule has 0 amide bonds. The van der Waals surface area contributed by atoms with Crippen molar-refractivity contribution in [2.75, 3.05) is 0 Å². The van der Waals surface area contributed by atoms with E-state index in [2.05, 4.69) is 14.9 Å². The molecule has 1 saturated carbocycles. The number of nitrogens with one attached hydrogen (secondary N) is 2. The van der Waals surface area contributed by atoms with Gasteiger partial charge in [-0.25, -0.2) is 17.9 Å². The standard InChI is InChI=1S/C10H15N3O5S/c14-8-4-2-1-3-7(8)13-19(17,18)9-6(10(15)16)5-11-12-9/h5,7-8,13-14H,1-4H2,(H,11,12)(H,15,16)/t7-,8-/m1/s1. The largest absolute Gasteiger partial charge is 0.478 e. The van der Waals surface area contributed by atoms with Gasteiger partial charge in [0.25, 0.3) is 10.0 Å². The Kier molecular flexibility index (Phi) is 3.88. The summed E-state index contributed by atoms with van der Waals surface area (Å²) in [6, 6.07) is -0.594. The van der Waals surface area contributed by atoms with Gasteiger partial charge in [-0.3, -0.25) is 5.10 Å². The van der Waals surface area contributed by atoms with E-state index in [1.807, 2.05) is 0 Å². The Labute approximate surface area is 109 Å². The Bertz CT molecular complexity index is 567. The van der Waals surface area contributed by atoms with Crippen LogP contribution in [0.3, 0.4) is 0 Å². The summed E-state index contributed by atoms with van der Waals surface area (Å²) in [7, 11) is -4.03. The van der Waals surface area contributed by atoms with E-state index >= 15 is 0 Å². The number of aliphatic hydroxyl groups excluding tert-OH is 1. The highest BCUT2D eigenvalue weighted by Gasteiger charge is 2.31. The Balaban J connectivity index is 2.22. The van der Waals surface area contributed by atoms with E-state index in [-0.39, 0.29) is 0 Å². The lowest BCUT2D eigenvalue weighted by molar-refractivity contribution is 0.0692. The second-order valence-electron chi connectivity index (χ2n) is 4.50. The van der Waals surface area contributed by atoms with E-state index in [9.17, 15) is 18.3 Å². The maximum atomic E-state index is 12.1. The molecule has 106 valence electrons. The van der Waals surface area contributed by atoms with Gasteiger partial charge in [-0.2, -0.15) is 5.10 Å². The summed E-state index contributed by atoms with van der Waals surface area (Å²) in [4.78, 5) is 10.9. The molecule has 0 radical (unpaired) electrons. The molecule has 9 heteroatoms. The van der Waals surface area contributed by atoms with Crippen molar-refractivity contribution >= 4 is 16.0 Å². The predicted octanol–water partition coefficient (Wildman–Crippen LogP) is -0.310. The first kappa shape index (κ1) is 14.0. The van der Waals surface area contributed by atoms with E-state index in [1.54, 1.807) is 0 Å². The number of aromatic carboxylic acids is 1. The number of H-pyrrole nitrogens is 1. The average Bonchev–Trinajstić information content (AvgIpc) is 2.82. The number of nitrogens with zero attached hydrogens (tertiary/aromatic N) is 1. The molecule has 0 saturated heterocycles. The fourth-order valence-electron chi connectivity index (χ4n) is 2.14. The Morgan fingerprint density at radius 3 is 2.74 bits per heavy atom. The summed E-state index contributed by atoms with van der Waals surface area (Å²) in [5, 5.41) is 23.7. The van der Waals surface area contributed by atoms with Gasteiger partial charge in [-0.1, -0.05) is 12.8 Å². The number of aromatic amines is 1. The molecule has 0 aromatic carbocycles. The molecule has 1 aliphatic rings. The maximum Gasteiger partial charge on any atom is 0.340 e. The lowest BCUT2D eigenvalue weighted by Crippen LogP contribution is -2.45. The fourth-order valence-corrected chi connectivity index (χ4v) is 3.53. The van der Waals surface area contributed by atoms with Gasteiger partial charge in [-0.15, -0.1) is 0 Å². The van der Waals surface area contributed by atoms with Gasteiger partial charge in [0.2, 0.25) is 0 Å². The smallest absolute Gasteiger partial charge is 0.340 e. The Hall–Kier alpha value is -1.45. The summed E-state index contributed by atoms with van der Waals surface area (Å²) in [6.45, 7) is 0. The molecule has 0 aliphatic heterocycles. The highest BCUT2D eigenvalue weighted by molar-refractivity contribution is 7.89. The second kappa shape index (κ2) is 5.27. The average molecular weight is 289 g/mol. The topological polar surface area (TPSA) is 132 Å². The van der Waals surface area contributed by atoms with Crippen LogP contribution in [0.15, 0.2) is 11.2 Å². The van der Waals surface area contributed by atoms with Crippen molar-refractivity contribution in [1.82, 2.24) is 14.9 Å². The van der Waals surface area contributed by atoms with Crippen LogP contribution in [0.25, 0.3) is 0 Å². The minimum Gasteiger partial charge on any atom is -0.478 e. The molecule has 1 fully saturated rings. The summed E-state index contributed by atoms with van der Waals surface area (Å²) < 4.78 is 26.5. The normalized spacial score (nSPS) is 24.3. The van der Waals surface area contributed by atoms with E-state index in [1.165, 1.54) is 0 Å². The third-order valence-corrected chi connectivity index (χ3v) is 4.60. The van der Waals surface area contributed by atoms with E-state index in [0.717, 1.165) is 19.0 Å². The summed E-state index contributed by atoms with van der Waals surface area (Å²) in [5.41, 5.74) is -0.419. The molecule has 1 heterocycles. The van der Waals surface area contributed by atoms with Gasteiger partial charge >= 0.3 is 5.97 Å². The second-order valence-corrected chi connectivity index (χ2v) is 6.15. The monoisotopic (exact) mass is 289 g/mol. The van der Waals surface area contributed by atoms with Crippen molar-refractivity contribution in [2.45, 2.75) is 42.9 Å². The van der Waals surface area contributed by atoms with E-state index in [4.69, 9.17) is 5.11 Å². The van der Waals surface area contributed by atoms with E-state index in [0.29, 0.717) is 12.8 Å². The van der Waals surface area contributed by atoms with Crippen LogP contribution in [0.5, 0.6) is 0 Å². The van der Waals surface area contributed by atoms with Gasteiger partial charge < -0.3 is 10.2 Å². The number of hydrogen-bond acceptors (Lipinski definition) is 5. The van der Waals surface area contributed by atoms with Crippen molar-refractivity contribution in [3.8, 4) is 0 Å². The van der Waals surface area contributed by atoms with Gasteiger partial charge in [0.15, 0.2) is 5.03 Å². The number of aromatic nitrogens is 2. The molecule has 0 unspecified atom stereocenters. The van der Waals surface area contributed by atoms with Crippen molar-refractivity contribution in [3.63, 3.8) is 0 Å². The number of carboxylic acids is 1. The van der Waals surface area contributed by atoms with Crippen molar-refractivity contribution in [1.29, 1.82) is 0 Å². The number of carboxylic acid groups (broad SMARTS) is 1. The molecule has 4 N–H and O–H groups in total. The van der Waals surface area contributed by atoms with Crippen LogP contribution in [0, 0.1) is 0 Å². The third kappa shape index (κ3) is 2.94. The maximum absolute atomic E-state index is 12.1. The highest BCUT2D eigenvalue weighted by Crippen LogP contribution is 2.21. The quantitative estimate of drug-likeness (QED) is 0.601. The predicted molar refractivity (Wildman–Crippen MR) is 64.1 cm³/mol. The molecule has 1 aliphatic carbocycles. The number of aliphatic hydroxyl groups is 1. The summed E-state index contributed by atoms with van der Waals surface area (Å²) in [5.74, 6) is -1.38. The lowest BCUT2D eigenvalue weighted by Gasteiger charge is -2.27. The first-order valence-corrected chi connectivity index (χ1v) is 7.37. The zero-order valence-corrected chi connectivity index (χ0v) is 10.9. The van der Waals surface area contributed by atoms with Crippen molar-refractivity contribution < 1.29 is 23.4 Å². The molecule has 2 rings (SSSR count). The number of sulfonamides is 1. The van der Waals surface area contributed by atoms with Crippen LogP contribution in [0.1, 0.15) is 36.0 Å². The SMILES string of the molecule is O=C(O)c1cn[nH]c1S(=O)(=O)N[C@@H]1CCCC[C@H]1O. The highest BCUT2D eigenvalue weighted by atomic mass is 32.2. The lowest BCUT2D eigenvalue weighted by atomic mass is 9.93. The Morgan fingerprint density at radius 1 is 1.42 bits per heavy atom. The van der Waals surface area contributed by atoms with Crippen LogP contribution in [0.2, 0.25) is 0 Å². The molecule has 0 bridgehead atoms. The van der Waals surface area contributed by atoms with Crippen molar-refractivity contribution in [3.05, 3.63) is 11.8 Å². The molecule has 1 aromatic rings. The molecule has 0 spiro atoms. The molecular formula is C10H15N3O5S. The zero-order chi connectivity index (χ0) is 14.0. The van der Waals surface area contributed by atoms with Crippen LogP contribution in [-0.2, 0) is 10.0 Å². The Morgan fingerprint density at radius 2 is 2.11 bits per heavy atom. The zero-order valence-electron chi connectivity index (χ0n) is 10.0. The summed E-state index contributed by atoms with van der Waals surface area (Å²) >= 11 is 0. The first-order valence-electron chi connectivity index (χ1n) is 5.89. The van der Waals surface area contributed by atoms with Gasteiger partial charge in [0, 0.05) is 6.04 Å². The van der Waals surface area contributed by atoms with Crippen LogP contribution in [0.4, 0.5) is 0 Å². The molecular weight excluding hydrogens is 274 g/mol. The molecule has 2 atom stereocenters. The van der Waals surface area contributed by atoms with Gasteiger partial charge in [0.05, 0.1) is 12.3 Å². The van der Waals surface area contributed by atoms with Crippen LogP contribution >= 0.6 is 0 Å². The first-order chi connectivity index (χ1) is 8.92. The van der Waals surface area contributed by atoms with Crippen LogP contribution < -0.4 is 4.72 Å². The number of rotatable bonds is 4.